The SMILES string of the molecule is S=C(NCC1CN2CCCC2CO1)NC1CCCCC1. The number of hydrogen-bond donors (Lipinski definition) is 2. The van der Waals surface area contributed by atoms with Gasteiger partial charge in [-0.1, -0.05) is 19.3 Å². The quantitative estimate of drug-likeness (QED) is 0.775. The van der Waals surface area contributed by atoms with Crippen LogP contribution in [-0.4, -0.2) is 54.4 Å². The molecule has 0 aromatic rings. The van der Waals surface area contributed by atoms with Crippen molar-refractivity contribution >= 4 is 17.3 Å². The van der Waals surface area contributed by atoms with Gasteiger partial charge in [0.05, 0.1) is 12.7 Å². The molecule has 0 spiro atoms. The van der Waals surface area contributed by atoms with Gasteiger partial charge in [0, 0.05) is 25.2 Å². The lowest BCUT2D eigenvalue weighted by atomic mass is 9.96. The smallest absolute Gasteiger partial charge is 0.166 e. The highest BCUT2D eigenvalue weighted by molar-refractivity contribution is 7.80. The van der Waals surface area contributed by atoms with E-state index in [2.05, 4.69) is 15.5 Å². The first-order valence-corrected chi connectivity index (χ1v) is 8.62. The maximum atomic E-state index is 5.94. The van der Waals surface area contributed by atoms with Crippen molar-refractivity contribution < 1.29 is 4.74 Å². The number of thiocarbonyl (C=S) groups is 1. The summed E-state index contributed by atoms with van der Waals surface area (Å²) in [5.41, 5.74) is 0. The second kappa shape index (κ2) is 7.05. The molecule has 0 amide bonds. The van der Waals surface area contributed by atoms with Crippen molar-refractivity contribution in [3.63, 3.8) is 0 Å². The highest BCUT2D eigenvalue weighted by Crippen LogP contribution is 2.22. The molecule has 2 aliphatic heterocycles. The van der Waals surface area contributed by atoms with Gasteiger partial charge in [-0.25, -0.2) is 0 Å². The minimum absolute atomic E-state index is 0.287. The largest absolute Gasteiger partial charge is 0.373 e. The van der Waals surface area contributed by atoms with Crippen LogP contribution in [0.2, 0.25) is 0 Å². The van der Waals surface area contributed by atoms with Crippen LogP contribution in [0.15, 0.2) is 0 Å². The van der Waals surface area contributed by atoms with Gasteiger partial charge in [0.2, 0.25) is 0 Å². The van der Waals surface area contributed by atoms with Gasteiger partial charge in [-0.15, -0.1) is 0 Å². The van der Waals surface area contributed by atoms with Crippen molar-refractivity contribution in [1.29, 1.82) is 0 Å². The third kappa shape index (κ3) is 3.83. The maximum absolute atomic E-state index is 5.94. The Morgan fingerprint density at radius 3 is 2.85 bits per heavy atom. The van der Waals surface area contributed by atoms with E-state index in [9.17, 15) is 0 Å². The molecule has 2 unspecified atom stereocenters. The lowest BCUT2D eigenvalue weighted by molar-refractivity contribution is -0.0452. The maximum Gasteiger partial charge on any atom is 0.166 e. The summed E-state index contributed by atoms with van der Waals surface area (Å²) in [5, 5.41) is 7.61. The zero-order valence-electron chi connectivity index (χ0n) is 12.3. The van der Waals surface area contributed by atoms with Crippen LogP contribution in [0.4, 0.5) is 0 Å². The lowest BCUT2D eigenvalue weighted by Gasteiger charge is -2.35. The molecule has 3 fully saturated rings. The van der Waals surface area contributed by atoms with Crippen LogP contribution in [-0.2, 0) is 4.74 Å². The summed E-state index contributed by atoms with van der Waals surface area (Å²) in [5.74, 6) is 0. The first kappa shape index (κ1) is 14.5. The monoisotopic (exact) mass is 297 g/mol. The summed E-state index contributed by atoms with van der Waals surface area (Å²) in [7, 11) is 0. The number of nitrogens with one attached hydrogen (secondary N) is 2. The molecule has 4 nitrogen and oxygen atoms in total. The van der Waals surface area contributed by atoms with Crippen LogP contribution in [0.1, 0.15) is 44.9 Å². The van der Waals surface area contributed by atoms with Crippen LogP contribution >= 0.6 is 12.2 Å². The molecule has 0 aromatic heterocycles. The van der Waals surface area contributed by atoms with Crippen LogP contribution in [0.5, 0.6) is 0 Å². The minimum Gasteiger partial charge on any atom is -0.373 e. The fourth-order valence-electron chi connectivity index (χ4n) is 3.70. The summed E-state index contributed by atoms with van der Waals surface area (Å²) >= 11 is 5.41. The van der Waals surface area contributed by atoms with Gasteiger partial charge < -0.3 is 15.4 Å². The van der Waals surface area contributed by atoms with Crippen molar-refractivity contribution in [2.45, 2.75) is 63.1 Å². The fraction of sp³-hybridized carbons (Fsp3) is 0.933. The highest BCUT2D eigenvalue weighted by Gasteiger charge is 2.32. The Labute approximate surface area is 127 Å². The van der Waals surface area contributed by atoms with E-state index in [1.54, 1.807) is 0 Å². The zero-order valence-corrected chi connectivity index (χ0v) is 13.1. The highest BCUT2D eigenvalue weighted by atomic mass is 32.1. The van der Waals surface area contributed by atoms with E-state index in [1.165, 1.54) is 51.5 Å². The molecule has 114 valence electrons. The third-order valence-corrected chi connectivity index (χ3v) is 5.15. The van der Waals surface area contributed by atoms with E-state index in [4.69, 9.17) is 17.0 Å². The predicted octanol–water partition coefficient (Wildman–Crippen LogP) is 1.65. The summed E-state index contributed by atoms with van der Waals surface area (Å²) in [6.45, 7) is 4.04. The molecule has 2 saturated heterocycles. The van der Waals surface area contributed by atoms with Gasteiger partial charge in [0.15, 0.2) is 5.11 Å². The molecule has 2 heterocycles. The van der Waals surface area contributed by atoms with Gasteiger partial charge in [0.1, 0.15) is 0 Å². The Morgan fingerprint density at radius 1 is 1.15 bits per heavy atom. The Kier molecular flexibility index (Phi) is 5.13. The Bertz CT molecular complexity index is 333. The van der Waals surface area contributed by atoms with E-state index in [1.807, 2.05) is 0 Å². The standard InChI is InChI=1S/C15H27N3OS/c20-15(17-12-5-2-1-3-6-12)16-9-14-10-18-8-4-7-13(18)11-19-14/h12-14H,1-11H2,(H2,16,17,20). The average molecular weight is 297 g/mol. The zero-order chi connectivity index (χ0) is 13.8. The number of ether oxygens (including phenoxy) is 1. The first-order chi connectivity index (χ1) is 9.81. The minimum atomic E-state index is 0.287. The van der Waals surface area contributed by atoms with Crippen LogP contribution in [0, 0.1) is 0 Å². The van der Waals surface area contributed by atoms with E-state index in [-0.39, 0.29) is 6.10 Å². The van der Waals surface area contributed by atoms with E-state index in [0.29, 0.717) is 12.1 Å². The number of rotatable bonds is 3. The molecule has 5 heteroatoms. The van der Waals surface area contributed by atoms with Crippen molar-refractivity contribution in [2.24, 2.45) is 0 Å². The van der Waals surface area contributed by atoms with E-state index < -0.39 is 0 Å². The Balaban J connectivity index is 1.35. The van der Waals surface area contributed by atoms with Gasteiger partial charge >= 0.3 is 0 Å². The topological polar surface area (TPSA) is 36.5 Å². The van der Waals surface area contributed by atoms with Crippen molar-refractivity contribution in [3.8, 4) is 0 Å². The van der Waals surface area contributed by atoms with Crippen LogP contribution in [0.3, 0.4) is 0 Å². The molecular weight excluding hydrogens is 270 g/mol. The first-order valence-electron chi connectivity index (χ1n) is 8.21. The molecule has 1 aliphatic carbocycles. The number of morpholine rings is 1. The van der Waals surface area contributed by atoms with Crippen molar-refractivity contribution in [1.82, 2.24) is 15.5 Å². The molecule has 0 aromatic carbocycles. The van der Waals surface area contributed by atoms with Crippen molar-refractivity contribution in [2.75, 3.05) is 26.2 Å². The molecule has 2 atom stereocenters. The summed E-state index contributed by atoms with van der Waals surface area (Å²) in [6, 6.07) is 1.26. The van der Waals surface area contributed by atoms with Crippen molar-refractivity contribution in [3.05, 3.63) is 0 Å². The van der Waals surface area contributed by atoms with E-state index >= 15 is 0 Å². The third-order valence-electron chi connectivity index (χ3n) is 4.89. The molecule has 20 heavy (non-hydrogen) atoms. The molecule has 1 saturated carbocycles. The summed E-state index contributed by atoms with van der Waals surface area (Å²) in [4.78, 5) is 2.58. The molecule has 0 bridgehead atoms. The second-order valence-electron chi connectivity index (χ2n) is 6.44. The number of fused-ring (bicyclic) bond motifs is 1. The number of nitrogens with zero attached hydrogens (tertiary/aromatic N) is 1. The summed E-state index contributed by atoms with van der Waals surface area (Å²) < 4.78 is 5.94. The van der Waals surface area contributed by atoms with Gasteiger partial charge in [-0.2, -0.15) is 0 Å². The normalized spacial score (nSPS) is 31.8. The molecule has 2 N–H and O–H groups in total. The predicted molar refractivity (Wildman–Crippen MR) is 84.9 cm³/mol. The van der Waals surface area contributed by atoms with Gasteiger partial charge in [0.25, 0.3) is 0 Å². The molecule has 3 aliphatic rings. The Morgan fingerprint density at radius 2 is 2.00 bits per heavy atom. The molecular formula is C15H27N3OS. The van der Waals surface area contributed by atoms with Gasteiger partial charge in [-0.3, -0.25) is 4.90 Å². The number of hydrogen-bond acceptors (Lipinski definition) is 3. The molecule has 0 radical (unpaired) electrons. The Hall–Kier alpha value is -0.390. The van der Waals surface area contributed by atoms with Crippen LogP contribution < -0.4 is 10.6 Å². The van der Waals surface area contributed by atoms with Crippen LogP contribution in [0.25, 0.3) is 0 Å². The molecule has 3 rings (SSSR count). The summed E-state index contributed by atoms with van der Waals surface area (Å²) in [6.07, 6.45) is 9.50. The van der Waals surface area contributed by atoms with Gasteiger partial charge in [-0.05, 0) is 44.4 Å². The fourth-order valence-corrected chi connectivity index (χ4v) is 3.95. The lowest BCUT2D eigenvalue weighted by Crippen LogP contribution is -2.52. The van der Waals surface area contributed by atoms with E-state index in [0.717, 1.165) is 24.8 Å². The second-order valence-corrected chi connectivity index (χ2v) is 6.84. The average Bonchev–Trinajstić information content (AvgIpc) is 2.93.